The van der Waals surface area contributed by atoms with Gasteiger partial charge in [-0.2, -0.15) is 0 Å². The van der Waals surface area contributed by atoms with Gasteiger partial charge in [0.25, 0.3) is 0 Å². The van der Waals surface area contributed by atoms with Crippen LogP contribution >= 0.6 is 0 Å². The zero-order valence-corrected chi connectivity index (χ0v) is 21.5. The summed E-state index contributed by atoms with van der Waals surface area (Å²) in [7, 11) is 0. The molecule has 7 nitrogen and oxygen atoms in total. The molecule has 0 bridgehead atoms. The number of hydrogen-bond donors (Lipinski definition) is 0. The number of hydrogen-bond acceptors (Lipinski definition) is 6. The molecular weight excluding hydrogens is 469 g/mol. The number of rotatable bonds is 5. The molecule has 2 aromatic carbocycles. The molecule has 1 aromatic heterocycles. The number of piperazine rings is 1. The summed E-state index contributed by atoms with van der Waals surface area (Å²) in [6.07, 6.45) is 5.10. The van der Waals surface area contributed by atoms with E-state index in [2.05, 4.69) is 46.3 Å². The van der Waals surface area contributed by atoms with Crippen molar-refractivity contribution >= 4 is 23.2 Å². The monoisotopic (exact) mass is 501 g/mol. The van der Waals surface area contributed by atoms with Gasteiger partial charge < -0.3 is 19.1 Å². The third-order valence-corrected chi connectivity index (χ3v) is 7.10. The molecule has 1 unspecified atom stereocenters. The molecule has 1 fully saturated rings. The van der Waals surface area contributed by atoms with Crippen LogP contribution in [-0.4, -0.2) is 64.7 Å². The van der Waals surface area contributed by atoms with Crippen molar-refractivity contribution in [3.8, 4) is 0 Å². The minimum Gasteiger partial charge on any atom is -0.408 e. The second-order valence-electron chi connectivity index (χ2n) is 9.70. The van der Waals surface area contributed by atoms with E-state index >= 15 is 0 Å². The normalized spacial score (nSPS) is 18.4. The molecule has 0 saturated carbocycles. The minimum atomic E-state index is -0.208. The summed E-state index contributed by atoms with van der Waals surface area (Å²) >= 11 is 0. The average Bonchev–Trinajstić information content (AvgIpc) is 3.28. The molecular formula is C29H32FN5O2. The Morgan fingerprint density at radius 2 is 1.78 bits per heavy atom. The van der Waals surface area contributed by atoms with Gasteiger partial charge in [0.05, 0.1) is 6.54 Å². The van der Waals surface area contributed by atoms with Crippen LogP contribution in [-0.2, 0) is 4.79 Å². The second-order valence-corrected chi connectivity index (χ2v) is 9.70. The Morgan fingerprint density at radius 3 is 2.46 bits per heavy atom. The van der Waals surface area contributed by atoms with E-state index < -0.39 is 0 Å². The number of aryl methyl sites for hydroxylation is 2. The number of benzene rings is 2. The Morgan fingerprint density at radius 1 is 1.03 bits per heavy atom. The Labute approximate surface area is 216 Å². The number of carbonyl (C=O) groups excluding carboxylic acids is 1. The van der Waals surface area contributed by atoms with Crippen LogP contribution in [0.1, 0.15) is 35.9 Å². The topological polar surface area (TPSA) is 65.7 Å². The average molecular weight is 502 g/mol. The first kappa shape index (κ1) is 24.7. The molecule has 192 valence electrons. The predicted octanol–water partition coefficient (Wildman–Crippen LogP) is 4.69. The highest BCUT2D eigenvalue weighted by Gasteiger charge is 2.28. The zero-order chi connectivity index (χ0) is 25.9. The fourth-order valence-corrected chi connectivity index (χ4v) is 4.88. The summed E-state index contributed by atoms with van der Waals surface area (Å²) in [5.74, 6) is 0.420. The van der Waals surface area contributed by atoms with Crippen LogP contribution < -0.4 is 4.90 Å². The fourth-order valence-electron chi connectivity index (χ4n) is 4.88. The lowest BCUT2D eigenvalue weighted by atomic mass is 10.00. The maximum Gasteiger partial charge on any atom is 0.318 e. The Kier molecular flexibility index (Phi) is 7.08. The summed E-state index contributed by atoms with van der Waals surface area (Å²) in [6, 6.07) is 16.0. The predicted molar refractivity (Wildman–Crippen MR) is 142 cm³/mol. The lowest BCUT2D eigenvalue weighted by Crippen LogP contribution is -2.52. The van der Waals surface area contributed by atoms with Crippen molar-refractivity contribution in [2.45, 2.75) is 33.2 Å². The van der Waals surface area contributed by atoms with Crippen molar-refractivity contribution in [3.05, 3.63) is 89.1 Å². The molecule has 2 aliphatic heterocycles. The lowest BCUT2D eigenvalue weighted by Gasteiger charge is -2.37. The van der Waals surface area contributed by atoms with Crippen LogP contribution in [0.3, 0.4) is 0 Å². The summed E-state index contributed by atoms with van der Waals surface area (Å²) in [5.41, 5.74) is 4.66. The van der Waals surface area contributed by atoms with Gasteiger partial charge in [-0.05, 0) is 60.7 Å². The molecule has 0 aliphatic carbocycles. The highest BCUT2D eigenvalue weighted by molar-refractivity contribution is 5.87. The van der Waals surface area contributed by atoms with E-state index in [1.165, 1.54) is 6.07 Å². The van der Waals surface area contributed by atoms with Gasteiger partial charge in [-0.25, -0.2) is 4.39 Å². The summed E-state index contributed by atoms with van der Waals surface area (Å²) < 4.78 is 19.5. The first-order valence-corrected chi connectivity index (χ1v) is 12.7. The molecule has 5 rings (SSSR count). The maximum absolute atomic E-state index is 14.0. The Bertz CT molecular complexity index is 1330. The van der Waals surface area contributed by atoms with Gasteiger partial charge in [0.1, 0.15) is 5.82 Å². The third-order valence-electron chi connectivity index (χ3n) is 7.10. The van der Waals surface area contributed by atoms with E-state index in [4.69, 9.17) is 4.42 Å². The van der Waals surface area contributed by atoms with Crippen molar-refractivity contribution in [1.82, 2.24) is 20.0 Å². The van der Waals surface area contributed by atoms with Gasteiger partial charge in [-0.15, -0.1) is 5.10 Å². The largest absolute Gasteiger partial charge is 0.408 e. The number of amides is 1. The van der Waals surface area contributed by atoms with E-state index in [9.17, 15) is 9.18 Å². The molecule has 1 saturated heterocycles. The Hall–Kier alpha value is -3.94. The van der Waals surface area contributed by atoms with Crippen molar-refractivity contribution in [3.63, 3.8) is 0 Å². The smallest absolute Gasteiger partial charge is 0.318 e. The molecule has 37 heavy (non-hydrogen) atoms. The van der Waals surface area contributed by atoms with Gasteiger partial charge >= 0.3 is 6.01 Å². The number of aromatic nitrogens is 2. The molecule has 3 aromatic rings. The third kappa shape index (κ3) is 5.43. The van der Waals surface area contributed by atoms with Gasteiger partial charge in [-0.3, -0.25) is 4.79 Å². The molecule has 0 N–H and O–H groups in total. The summed E-state index contributed by atoms with van der Waals surface area (Å²) in [4.78, 5) is 19.6. The maximum atomic E-state index is 14.0. The quantitative estimate of drug-likeness (QED) is 0.505. The van der Waals surface area contributed by atoms with Gasteiger partial charge in [0.2, 0.25) is 11.8 Å². The Balaban J connectivity index is 1.37. The molecule has 3 heterocycles. The SMILES string of the molecule is Cc1nnc(N2CCN(C(=O)CN3C(c4ccccc4)=CC(c4ccc(F)c(C)c4)=CCC3C)CC2)o1. The van der Waals surface area contributed by atoms with Crippen LogP contribution in [0.15, 0.2) is 65.1 Å². The van der Waals surface area contributed by atoms with Crippen molar-refractivity contribution < 1.29 is 13.6 Å². The second kappa shape index (κ2) is 10.6. The number of allylic oxidation sites excluding steroid dienone is 2. The standard InChI is InChI=1S/C29H32FN5O2/c1-20-17-24(11-12-26(20)30)25-10-9-21(2)35(27(18-25)23-7-5-4-6-8-23)19-28(36)33-13-15-34(16-14-33)29-32-31-22(3)37-29/h4-8,10-12,17-18,21H,9,13-16,19H2,1-3H3. The van der Waals surface area contributed by atoms with Gasteiger partial charge in [0, 0.05) is 44.8 Å². The summed E-state index contributed by atoms with van der Waals surface area (Å²) in [5, 5.41) is 8.01. The number of halogens is 1. The van der Waals surface area contributed by atoms with Crippen molar-refractivity contribution in [2.24, 2.45) is 0 Å². The van der Waals surface area contributed by atoms with Crippen molar-refractivity contribution in [1.29, 1.82) is 0 Å². The highest BCUT2D eigenvalue weighted by atomic mass is 19.1. The molecule has 0 radical (unpaired) electrons. The minimum absolute atomic E-state index is 0.0936. The fraction of sp³-hybridized carbons (Fsp3) is 0.345. The molecule has 0 spiro atoms. The molecule has 8 heteroatoms. The highest BCUT2D eigenvalue weighted by Crippen LogP contribution is 2.32. The first-order chi connectivity index (χ1) is 17.9. The summed E-state index contributed by atoms with van der Waals surface area (Å²) in [6.45, 7) is 8.50. The van der Waals surface area contributed by atoms with E-state index in [-0.39, 0.29) is 24.3 Å². The number of carbonyl (C=O) groups is 1. The number of anilines is 1. The van der Waals surface area contributed by atoms with Gasteiger partial charge in [0.15, 0.2) is 0 Å². The van der Waals surface area contributed by atoms with Crippen LogP contribution in [0.4, 0.5) is 10.4 Å². The van der Waals surface area contributed by atoms with Gasteiger partial charge in [-0.1, -0.05) is 47.6 Å². The van der Waals surface area contributed by atoms with E-state index in [1.54, 1.807) is 13.8 Å². The molecule has 1 amide bonds. The van der Waals surface area contributed by atoms with Crippen LogP contribution in [0.2, 0.25) is 0 Å². The van der Waals surface area contributed by atoms with Crippen LogP contribution in [0, 0.1) is 19.7 Å². The zero-order valence-electron chi connectivity index (χ0n) is 21.5. The van der Waals surface area contributed by atoms with E-state index in [0.717, 1.165) is 28.8 Å². The van der Waals surface area contributed by atoms with Crippen LogP contribution in [0.25, 0.3) is 11.3 Å². The van der Waals surface area contributed by atoms with Crippen LogP contribution in [0.5, 0.6) is 0 Å². The molecule has 2 aliphatic rings. The number of nitrogens with zero attached hydrogens (tertiary/aromatic N) is 5. The molecule has 1 atom stereocenters. The van der Waals surface area contributed by atoms with E-state index in [0.29, 0.717) is 43.6 Å². The first-order valence-electron chi connectivity index (χ1n) is 12.7. The van der Waals surface area contributed by atoms with Crippen molar-refractivity contribution in [2.75, 3.05) is 37.6 Å². The lowest BCUT2D eigenvalue weighted by molar-refractivity contribution is -0.132. The van der Waals surface area contributed by atoms with E-state index in [1.807, 2.05) is 40.1 Å².